The fraction of sp³-hybridized carbons (Fsp3) is 0.308. The number of allylic oxidation sites excluding steroid dienone is 1. The van der Waals surface area contributed by atoms with Crippen LogP contribution in [0, 0.1) is 5.82 Å². The molecule has 1 aliphatic rings. The lowest BCUT2D eigenvalue weighted by molar-refractivity contribution is -0.137. The van der Waals surface area contributed by atoms with Gasteiger partial charge in [-0.2, -0.15) is 18.3 Å². The van der Waals surface area contributed by atoms with Gasteiger partial charge < -0.3 is 10.5 Å². The molecule has 0 unspecified atom stereocenters. The summed E-state index contributed by atoms with van der Waals surface area (Å²) in [6.45, 7) is 0.234. The van der Waals surface area contributed by atoms with Crippen LogP contribution in [0.2, 0.25) is 0 Å². The van der Waals surface area contributed by atoms with Gasteiger partial charge in [0.05, 0.1) is 17.8 Å². The summed E-state index contributed by atoms with van der Waals surface area (Å²) in [5.41, 5.74) is 2.29. The van der Waals surface area contributed by atoms with Crippen LogP contribution >= 0.6 is 0 Å². The van der Waals surface area contributed by atoms with E-state index < -0.39 is 17.6 Å². The summed E-state index contributed by atoms with van der Waals surface area (Å²) < 4.78 is 50.8. The number of nitrogens with one attached hydrogen (secondary N) is 1. The number of hydrogen-bond acceptors (Lipinski definition) is 3. The molecule has 0 aliphatic carbocycles. The molecule has 1 heterocycles. The normalized spacial score (nSPS) is 15.4. The third kappa shape index (κ3) is 3.49. The van der Waals surface area contributed by atoms with Crippen molar-refractivity contribution in [3.63, 3.8) is 0 Å². The summed E-state index contributed by atoms with van der Waals surface area (Å²) in [5, 5.41) is 13.2. The molecule has 0 aromatic heterocycles. The predicted octanol–water partition coefficient (Wildman–Crippen LogP) is 3.18. The Morgan fingerprint density at radius 3 is 2.60 bits per heavy atom. The highest BCUT2D eigenvalue weighted by Gasteiger charge is 2.31. The Bertz CT molecular complexity index is 564. The van der Waals surface area contributed by atoms with Crippen LogP contribution < -0.4 is 5.43 Å². The Hall–Kier alpha value is -2.05. The molecular weight excluding hydrogens is 276 g/mol. The first-order chi connectivity index (χ1) is 9.36. The van der Waals surface area contributed by atoms with Crippen molar-refractivity contribution in [2.45, 2.75) is 19.0 Å². The molecule has 0 saturated carbocycles. The van der Waals surface area contributed by atoms with Gasteiger partial charge in [0.1, 0.15) is 11.6 Å². The molecule has 7 heteroatoms. The van der Waals surface area contributed by atoms with Gasteiger partial charge in [-0.25, -0.2) is 4.39 Å². The molecular formula is C13H12F4N2O. The van der Waals surface area contributed by atoms with E-state index in [9.17, 15) is 22.7 Å². The number of hydrazone groups is 1. The summed E-state index contributed by atoms with van der Waals surface area (Å²) in [5.74, 6) is -0.778. The lowest BCUT2D eigenvalue weighted by Crippen LogP contribution is -2.19. The molecule has 1 aliphatic heterocycles. The Balaban J connectivity index is 2.06. The average molecular weight is 288 g/mol. The van der Waals surface area contributed by atoms with Gasteiger partial charge >= 0.3 is 6.18 Å². The molecule has 0 spiro atoms. The monoisotopic (exact) mass is 288 g/mol. The topological polar surface area (TPSA) is 44.6 Å². The van der Waals surface area contributed by atoms with Gasteiger partial charge in [-0.15, -0.1) is 0 Å². The van der Waals surface area contributed by atoms with E-state index in [4.69, 9.17) is 0 Å². The Labute approximate surface area is 112 Å². The average Bonchev–Trinajstić information content (AvgIpc) is 2.36. The molecule has 0 amide bonds. The van der Waals surface area contributed by atoms with E-state index in [1.54, 1.807) is 0 Å². The number of aliphatic hydroxyl groups excluding tert-OH is 1. The van der Waals surface area contributed by atoms with Crippen molar-refractivity contribution in [1.82, 2.24) is 5.43 Å². The molecule has 1 aromatic rings. The maximum atomic E-state index is 13.6. The van der Waals surface area contributed by atoms with Crippen LogP contribution in [0.5, 0.6) is 0 Å². The Kier molecular flexibility index (Phi) is 3.96. The Morgan fingerprint density at radius 2 is 2.00 bits per heavy atom. The lowest BCUT2D eigenvalue weighted by Gasteiger charge is -2.11. The van der Waals surface area contributed by atoms with Crippen molar-refractivity contribution < 1.29 is 22.7 Å². The van der Waals surface area contributed by atoms with Crippen molar-refractivity contribution in [1.29, 1.82) is 0 Å². The minimum absolute atomic E-state index is 0.114. The molecule has 0 saturated heterocycles. The fourth-order valence-electron chi connectivity index (χ4n) is 1.81. The summed E-state index contributed by atoms with van der Waals surface area (Å²) in [7, 11) is 0. The number of nitrogens with zero attached hydrogens (tertiary/aromatic N) is 1. The zero-order valence-electron chi connectivity index (χ0n) is 10.3. The van der Waals surface area contributed by atoms with Gasteiger partial charge in [-0.05, 0) is 30.5 Å². The third-order valence-electron chi connectivity index (χ3n) is 2.85. The van der Waals surface area contributed by atoms with E-state index in [2.05, 4.69) is 10.5 Å². The smallest absolute Gasteiger partial charge is 0.416 e. The van der Waals surface area contributed by atoms with Crippen LogP contribution in [-0.4, -0.2) is 17.4 Å². The van der Waals surface area contributed by atoms with E-state index >= 15 is 0 Å². The number of halogens is 4. The second kappa shape index (κ2) is 5.52. The minimum atomic E-state index is -4.55. The van der Waals surface area contributed by atoms with E-state index in [0.29, 0.717) is 18.2 Å². The number of benzene rings is 1. The van der Waals surface area contributed by atoms with Crippen molar-refractivity contribution in [2.24, 2.45) is 5.10 Å². The second-order valence-corrected chi connectivity index (χ2v) is 4.38. The maximum absolute atomic E-state index is 13.6. The summed E-state index contributed by atoms with van der Waals surface area (Å²) in [4.78, 5) is 0. The lowest BCUT2D eigenvalue weighted by atomic mass is 10.0. The largest absolute Gasteiger partial charge is 0.510 e. The molecule has 1 aromatic carbocycles. The van der Waals surface area contributed by atoms with Gasteiger partial charge in [0.15, 0.2) is 0 Å². The van der Waals surface area contributed by atoms with Gasteiger partial charge in [-0.1, -0.05) is 6.07 Å². The number of aryl methyl sites for hydroxylation is 1. The molecule has 3 nitrogen and oxygen atoms in total. The first kappa shape index (κ1) is 14.4. The molecule has 0 radical (unpaired) electrons. The van der Waals surface area contributed by atoms with Crippen molar-refractivity contribution in [3.05, 3.63) is 47.0 Å². The van der Waals surface area contributed by atoms with Crippen LogP contribution in [0.25, 0.3) is 0 Å². The highest BCUT2D eigenvalue weighted by molar-refractivity contribution is 5.95. The van der Waals surface area contributed by atoms with Crippen LogP contribution in [0.3, 0.4) is 0 Å². The predicted molar refractivity (Wildman–Crippen MR) is 65.9 cm³/mol. The molecule has 2 rings (SSSR count). The van der Waals surface area contributed by atoms with Crippen molar-refractivity contribution >= 4 is 5.71 Å². The zero-order valence-corrected chi connectivity index (χ0v) is 10.3. The molecule has 20 heavy (non-hydrogen) atoms. The molecule has 0 fully saturated rings. The van der Waals surface area contributed by atoms with Gasteiger partial charge in [0, 0.05) is 6.08 Å². The number of rotatable bonds is 3. The molecule has 0 atom stereocenters. The zero-order chi connectivity index (χ0) is 14.8. The quantitative estimate of drug-likeness (QED) is 0.839. The second-order valence-electron chi connectivity index (χ2n) is 4.38. The molecule has 108 valence electrons. The van der Waals surface area contributed by atoms with Gasteiger partial charge in [-0.3, -0.25) is 0 Å². The highest BCUT2D eigenvalue weighted by Crippen LogP contribution is 2.30. The van der Waals surface area contributed by atoms with Gasteiger partial charge in [0.2, 0.25) is 0 Å². The van der Waals surface area contributed by atoms with Crippen molar-refractivity contribution in [3.8, 4) is 0 Å². The molecule has 0 bridgehead atoms. The van der Waals surface area contributed by atoms with Crippen molar-refractivity contribution in [2.75, 3.05) is 6.54 Å². The number of aliphatic hydroxyl groups is 1. The standard InChI is InChI=1S/C13H12F4N2O/c14-12-5-9(13(15,16)17)3-1-8(12)2-4-10-6-11(20)7-18-19-10/h1,3,5-6,18,20H,2,4,7H2. The van der Waals surface area contributed by atoms with Crippen LogP contribution in [0.4, 0.5) is 17.6 Å². The van der Waals surface area contributed by atoms with E-state index in [-0.39, 0.29) is 24.3 Å². The first-order valence-electron chi connectivity index (χ1n) is 5.91. The number of hydrogen-bond donors (Lipinski definition) is 2. The van der Waals surface area contributed by atoms with E-state index in [1.807, 2.05) is 0 Å². The SMILES string of the molecule is OC1=CC(CCc2ccc(C(F)(F)F)cc2F)=NNC1. The molecule has 2 N–H and O–H groups in total. The van der Waals surface area contributed by atoms with E-state index in [1.165, 1.54) is 6.08 Å². The number of alkyl halides is 3. The van der Waals surface area contributed by atoms with E-state index in [0.717, 1.165) is 12.1 Å². The Morgan fingerprint density at radius 1 is 1.25 bits per heavy atom. The minimum Gasteiger partial charge on any atom is -0.510 e. The highest BCUT2D eigenvalue weighted by atomic mass is 19.4. The summed E-state index contributed by atoms with van der Waals surface area (Å²) in [6, 6.07) is 2.47. The summed E-state index contributed by atoms with van der Waals surface area (Å²) >= 11 is 0. The third-order valence-corrected chi connectivity index (χ3v) is 2.85. The fourth-order valence-corrected chi connectivity index (χ4v) is 1.81. The van der Waals surface area contributed by atoms with Gasteiger partial charge in [0.25, 0.3) is 0 Å². The maximum Gasteiger partial charge on any atom is 0.416 e. The van der Waals surface area contributed by atoms with Crippen LogP contribution in [0.15, 0.2) is 35.1 Å². The summed E-state index contributed by atoms with van der Waals surface area (Å²) in [6.07, 6.45) is -2.57. The first-order valence-corrected chi connectivity index (χ1v) is 5.91. The van der Waals surface area contributed by atoms with Crippen LogP contribution in [-0.2, 0) is 12.6 Å². The van der Waals surface area contributed by atoms with Crippen LogP contribution in [0.1, 0.15) is 17.5 Å².